The zero-order valence-electron chi connectivity index (χ0n) is 34.6. The average molecular weight is 821 g/mol. The third kappa shape index (κ3) is 12.5. The van der Waals surface area contributed by atoms with Crippen molar-refractivity contribution in [2.24, 2.45) is 0 Å². The number of esters is 5. The number of rotatable bonds is 18. The molecule has 0 amide bonds. The summed E-state index contributed by atoms with van der Waals surface area (Å²) in [6.07, 6.45) is 4.80. The van der Waals surface area contributed by atoms with Crippen LogP contribution in [0, 0.1) is 0 Å². The Kier molecular flexibility index (Phi) is 15.2. The molecule has 0 aliphatic carbocycles. The van der Waals surface area contributed by atoms with Crippen molar-refractivity contribution in [3.05, 3.63) is 166 Å². The number of carbonyl (C=O) groups excluding carboxylic acids is 5. The number of aryl methyl sites for hydroxylation is 4. The van der Waals surface area contributed by atoms with Crippen LogP contribution in [-0.2, 0) is 40.0 Å². The Morgan fingerprint density at radius 1 is 0.410 bits per heavy atom. The largest absolute Gasteiger partial charge is 0.462 e. The van der Waals surface area contributed by atoms with Gasteiger partial charge in [-0.3, -0.25) is 9.59 Å². The predicted octanol–water partition coefficient (Wildman–Crippen LogP) is 10.4. The van der Waals surface area contributed by atoms with Crippen LogP contribution in [0.5, 0.6) is 23.0 Å². The molecule has 6 aromatic carbocycles. The first-order valence-electron chi connectivity index (χ1n) is 20.6. The van der Waals surface area contributed by atoms with E-state index in [2.05, 4.69) is 13.8 Å². The van der Waals surface area contributed by atoms with E-state index in [1.54, 1.807) is 110 Å². The molecule has 0 saturated carbocycles. The molecule has 10 heteroatoms. The quantitative estimate of drug-likeness (QED) is 0.0610. The Morgan fingerprint density at radius 2 is 0.852 bits per heavy atom. The first kappa shape index (κ1) is 43.5. The van der Waals surface area contributed by atoms with E-state index in [0.29, 0.717) is 46.2 Å². The first-order chi connectivity index (χ1) is 29.6. The number of hydrogen-bond donors (Lipinski definition) is 0. The van der Waals surface area contributed by atoms with Crippen LogP contribution in [0.2, 0.25) is 0 Å². The second kappa shape index (κ2) is 21.3. The van der Waals surface area contributed by atoms with Gasteiger partial charge in [-0.1, -0.05) is 81.3 Å². The highest BCUT2D eigenvalue weighted by Gasteiger charge is 2.19. The molecule has 0 atom stereocenters. The summed E-state index contributed by atoms with van der Waals surface area (Å²) in [5.74, 6) is -1.46. The molecule has 6 rings (SSSR count). The second-order valence-electron chi connectivity index (χ2n) is 14.5. The van der Waals surface area contributed by atoms with Gasteiger partial charge in [0, 0.05) is 12.8 Å². The average Bonchev–Trinajstić information content (AvgIpc) is 3.26. The van der Waals surface area contributed by atoms with Crippen LogP contribution >= 0.6 is 0 Å². The Hall–Kier alpha value is -7.07. The van der Waals surface area contributed by atoms with Crippen molar-refractivity contribution in [2.75, 3.05) is 6.61 Å². The van der Waals surface area contributed by atoms with Gasteiger partial charge in [-0.15, -0.1) is 0 Å². The van der Waals surface area contributed by atoms with Crippen molar-refractivity contribution in [1.82, 2.24) is 0 Å². The highest BCUT2D eigenvalue weighted by atomic mass is 16.6. The van der Waals surface area contributed by atoms with Crippen LogP contribution in [0.3, 0.4) is 0 Å². The zero-order chi connectivity index (χ0) is 43.1. The van der Waals surface area contributed by atoms with Crippen molar-refractivity contribution in [2.45, 2.75) is 72.1 Å². The molecular formula is C51H48O10. The van der Waals surface area contributed by atoms with E-state index in [1.807, 2.05) is 24.3 Å². The van der Waals surface area contributed by atoms with Crippen LogP contribution in [0.25, 0.3) is 10.8 Å². The molecule has 312 valence electrons. The van der Waals surface area contributed by atoms with E-state index in [1.165, 1.54) is 5.56 Å². The molecule has 0 unspecified atom stereocenters. The summed E-state index contributed by atoms with van der Waals surface area (Å²) in [5.41, 5.74) is 5.00. The monoisotopic (exact) mass is 820 g/mol. The molecule has 0 saturated heterocycles. The van der Waals surface area contributed by atoms with E-state index < -0.39 is 29.8 Å². The smallest absolute Gasteiger partial charge is 0.343 e. The van der Waals surface area contributed by atoms with Gasteiger partial charge in [0.2, 0.25) is 0 Å². The standard InChI is InChI=1S/C51H48O10/c1-4-7-34-9-19-38(20-10-34)49(54)59-42-24-13-36(14-25-42)17-29-47(52)58-44-28-23-40-33-46(45(32-41(40)31-44)51(56)57-6-3)61-48(53)30-18-37-15-26-43(27-16-37)60-50(55)39-21-11-35(8-5-2)12-22-39/h9-16,19-28,31-33H,4-8,17-18,29-30H2,1-3H3. The minimum atomic E-state index is -0.668. The molecule has 0 N–H and O–H groups in total. The molecule has 0 fully saturated rings. The lowest BCUT2D eigenvalue weighted by molar-refractivity contribution is -0.135. The maximum atomic E-state index is 13.0. The molecule has 6 aromatic rings. The zero-order valence-corrected chi connectivity index (χ0v) is 34.6. The van der Waals surface area contributed by atoms with Gasteiger partial charge in [-0.2, -0.15) is 0 Å². The highest BCUT2D eigenvalue weighted by Crippen LogP contribution is 2.30. The summed E-state index contributed by atoms with van der Waals surface area (Å²) in [6.45, 7) is 5.99. The maximum absolute atomic E-state index is 13.0. The van der Waals surface area contributed by atoms with E-state index in [4.69, 9.17) is 23.7 Å². The number of ether oxygens (including phenoxy) is 5. The minimum absolute atomic E-state index is 0.0180. The Labute approximate surface area is 355 Å². The summed E-state index contributed by atoms with van der Waals surface area (Å²) >= 11 is 0. The van der Waals surface area contributed by atoms with E-state index in [9.17, 15) is 24.0 Å². The van der Waals surface area contributed by atoms with Crippen LogP contribution in [0.15, 0.2) is 127 Å². The lowest BCUT2D eigenvalue weighted by Gasteiger charge is -2.12. The van der Waals surface area contributed by atoms with Gasteiger partial charge in [0.1, 0.15) is 28.6 Å². The summed E-state index contributed by atoms with van der Waals surface area (Å²) in [7, 11) is 0. The van der Waals surface area contributed by atoms with E-state index in [-0.39, 0.29) is 36.5 Å². The fourth-order valence-corrected chi connectivity index (χ4v) is 6.59. The predicted molar refractivity (Wildman–Crippen MR) is 231 cm³/mol. The second-order valence-corrected chi connectivity index (χ2v) is 14.5. The Morgan fingerprint density at radius 3 is 1.33 bits per heavy atom. The molecule has 0 aromatic heterocycles. The van der Waals surface area contributed by atoms with Gasteiger partial charge in [0.15, 0.2) is 0 Å². The van der Waals surface area contributed by atoms with Gasteiger partial charge in [0.05, 0.1) is 17.7 Å². The molecule has 0 spiro atoms. The molecule has 0 aliphatic heterocycles. The van der Waals surface area contributed by atoms with Crippen molar-refractivity contribution in [3.63, 3.8) is 0 Å². The number of carbonyl (C=O) groups is 5. The number of benzene rings is 6. The summed E-state index contributed by atoms with van der Waals surface area (Å²) in [6, 6.07) is 36.7. The van der Waals surface area contributed by atoms with Crippen molar-refractivity contribution < 1.29 is 47.7 Å². The molecule has 61 heavy (non-hydrogen) atoms. The number of fused-ring (bicyclic) bond motifs is 1. The van der Waals surface area contributed by atoms with Gasteiger partial charge >= 0.3 is 29.8 Å². The molecule has 10 nitrogen and oxygen atoms in total. The molecule has 0 aliphatic rings. The van der Waals surface area contributed by atoms with Gasteiger partial charge in [-0.05, 0) is 138 Å². The summed E-state index contributed by atoms with van der Waals surface area (Å²) in [5, 5.41) is 1.22. The highest BCUT2D eigenvalue weighted by molar-refractivity contribution is 6.00. The fraction of sp³-hybridized carbons (Fsp3) is 0.235. The third-order valence-corrected chi connectivity index (χ3v) is 9.82. The summed E-state index contributed by atoms with van der Waals surface area (Å²) < 4.78 is 27.6. The van der Waals surface area contributed by atoms with E-state index in [0.717, 1.165) is 42.4 Å². The first-order valence-corrected chi connectivity index (χ1v) is 20.6. The van der Waals surface area contributed by atoms with Gasteiger partial charge < -0.3 is 23.7 Å². The van der Waals surface area contributed by atoms with Crippen LogP contribution in [0.4, 0.5) is 0 Å². The third-order valence-electron chi connectivity index (χ3n) is 9.82. The topological polar surface area (TPSA) is 132 Å². The lowest BCUT2D eigenvalue weighted by Crippen LogP contribution is -2.13. The van der Waals surface area contributed by atoms with Crippen molar-refractivity contribution >= 4 is 40.6 Å². The van der Waals surface area contributed by atoms with Crippen molar-refractivity contribution in [3.8, 4) is 23.0 Å². The minimum Gasteiger partial charge on any atom is -0.462 e. The summed E-state index contributed by atoms with van der Waals surface area (Å²) in [4.78, 5) is 64.1. The Balaban J connectivity index is 1.01. The molecule has 0 bridgehead atoms. The molecule has 0 radical (unpaired) electrons. The van der Waals surface area contributed by atoms with Gasteiger partial charge in [0.25, 0.3) is 0 Å². The number of hydrogen-bond acceptors (Lipinski definition) is 10. The Bertz CT molecular complexity index is 2470. The molecular weight excluding hydrogens is 773 g/mol. The fourth-order valence-electron chi connectivity index (χ4n) is 6.59. The van der Waals surface area contributed by atoms with Crippen molar-refractivity contribution in [1.29, 1.82) is 0 Å². The van der Waals surface area contributed by atoms with Crippen LogP contribution in [0.1, 0.15) is 99.8 Å². The normalized spacial score (nSPS) is 10.8. The van der Waals surface area contributed by atoms with E-state index >= 15 is 0 Å². The molecule has 0 heterocycles. The van der Waals surface area contributed by atoms with Crippen LogP contribution < -0.4 is 18.9 Å². The lowest BCUT2D eigenvalue weighted by atomic mass is 10.1. The maximum Gasteiger partial charge on any atom is 0.343 e. The SMILES string of the molecule is CCCc1ccc(C(=O)Oc2ccc(CCC(=O)Oc3ccc4cc(OC(=O)CCc5ccc(OC(=O)c6ccc(CCC)cc6)cc5)c(C(=O)OCC)cc4c3)cc2)cc1. The van der Waals surface area contributed by atoms with Crippen LogP contribution in [-0.4, -0.2) is 36.5 Å². The van der Waals surface area contributed by atoms with Gasteiger partial charge in [-0.25, -0.2) is 14.4 Å².